The summed E-state index contributed by atoms with van der Waals surface area (Å²) in [7, 11) is 1.34. The lowest BCUT2D eigenvalue weighted by atomic mass is 9.90. The first-order valence-corrected chi connectivity index (χ1v) is 8.50. The molecule has 1 atom stereocenters. The van der Waals surface area contributed by atoms with Crippen molar-refractivity contribution in [3.05, 3.63) is 51.2 Å². The minimum Gasteiger partial charge on any atom is -0.465 e. The Hall–Kier alpha value is -2.14. The number of methoxy groups -OCH3 is 1. The molecule has 23 heavy (non-hydrogen) atoms. The fourth-order valence-electron chi connectivity index (χ4n) is 2.82. The molecule has 2 aromatic rings. The first-order chi connectivity index (χ1) is 11.1. The molecule has 0 spiro atoms. The van der Waals surface area contributed by atoms with E-state index in [1.165, 1.54) is 24.0 Å². The standard InChI is InChI=1S/C18H19NO3S/c1-11-3-8-15-13(9-11)10-16(23-15)17(20)19-14-6-4-12(5-7-14)18(21)22-2/h4-7,10-11H,3,8-9H2,1-2H3,(H,19,20)/t11-/m0/s1. The van der Waals surface area contributed by atoms with Gasteiger partial charge in [0.05, 0.1) is 17.6 Å². The van der Waals surface area contributed by atoms with Gasteiger partial charge in [0.15, 0.2) is 0 Å². The molecular formula is C18H19NO3S. The highest BCUT2D eigenvalue weighted by molar-refractivity contribution is 7.14. The van der Waals surface area contributed by atoms with E-state index in [9.17, 15) is 9.59 Å². The zero-order valence-electron chi connectivity index (χ0n) is 13.2. The molecule has 0 fully saturated rings. The molecule has 1 aliphatic carbocycles. The molecule has 4 nitrogen and oxygen atoms in total. The number of hydrogen-bond donors (Lipinski definition) is 1. The van der Waals surface area contributed by atoms with Crippen LogP contribution < -0.4 is 5.32 Å². The van der Waals surface area contributed by atoms with Gasteiger partial charge in [0, 0.05) is 10.6 Å². The summed E-state index contributed by atoms with van der Waals surface area (Å²) < 4.78 is 4.66. The zero-order chi connectivity index (χ0) is 16.4. The van der Waals surface area contributed by atoms with E-state index in [0.29, 0.717) is 17.2 Å². The minimum atomic E-state index is -0.386. The summed E-state index contributed by atoms with van der Waals surface area (Å²) in [6, 6.07) is 8.72. The quantitative estimate of drug-likeness (QED) is 0.869. The van der Waals surface area contributed by atoms with E-state index in [1.807, 2.05) is 6.07 Å². The summed E-state index contributed by atoms with van der Waals surface area (Å²) >= 11 is 1.59. The number of thiophene rings is 1. The third kappa shape index (κ3) is 3.45. The fourth-order valence-corrected chi connectivity index (χ4v) is 3.92. The molecule has 1 aromatic heterocycles. The van der Waals surface area contributed by atoms with Crippen LogP contribution in [0, 0.1) is 5.92 Å². The average molecular weight is 329 g/mol. The maximum atomic E-state index is 12.4. The van der Waals surface area contributed by atoms with Gasteiger partial charge in [0.1, 0.15) is 0 Å². The molecule has 0 radical (unpaired) electrons. The van der Waals surface area contributed by atoms with Crippen molar-refractivity contribution in [1.82, 2.24) is 0 Å². The van der Waals surface area contributed by atoms with Gasteiger partial charge in [0.25, 0.3) is 5.91 Å². The predicted molar refractivity (Wildman–Crippen MR) is 91.2 cm³/mol. The average Bonchev–Trinajstić information content (AvgIpc) is 2.98. The number of carbonyl (C=O) groups excluding carboxylic acids is 2. The van der Waals surface area contributed by atoms with Crippen molar-refractivity contribution in [2.75, 3.05) is 12.4 Å². The monoisotopic (exact) mass is 329 g/mol. The smallest absolute Gasteiger partial charge is 0.337 e. The number of nitrogens with one attached hydrogen (secondary N) is 1. The van der Waals surface area contributed by atoms with E-state index < -0.39 is 0 Å². The Morgan fingerprint density at radius 1 is 1.26 bits per heavy atom. The topological polar surface area (TPSA) is 55.4 Å². The number of amides is 1. The number of esters is 1. The summed E-state index contributed by atoms with van der Waals surface area (Å²) in [5, 5.41) is 2.88. The van der Waals surface area contributed by atoms with E-state index in [1.54, 1.807) is 35.6 Å². The number of aryl methyl sites for hydroxylation is 1. The Morgan fingerprint density at radius 3 is 2.70 bits per heavy atom. The second-order valence-electron chi connectivity index (χ2n) is 5.93. The van der Waals surface area contributed by atoms with Crippen LogP contribution in [0.15, 0.2) is 30.3 Å². The Kier molecular flexibility index (Phi) is 4.48. The lowest BCUT2D eigenvalue weighted by Crippen LogP contribution is -2.10. The number of ether oxygens (including phenoxy) is 1. The van der Waals surface area contributed by atoms with Crippen molar-refractivity contribution >= 4 is 28.9 Å². The Morgan fingerprint density at radius 2 is 2.00 bits per heavy atom. The van der Waals surface area contributed by atoms with Gasteiger partial charge in [-0.25, -0.2) is 4.79 Å². The Labute approximate surface area is 139 Å². The van der Waals surface area contributed by atoms with Gasteiger partial charge in [0.2, 0.25) is 0 Å². The van der Waals surface area contributed by atoms with Crippen LogP contribution in [0.25, 0.3) is 0 Å². The maximum absolute atomic E-state index is 12.4. The van der Waals surface area contributed by atoms with E-state index in [-0.39, 0.29) is 11.9 Å². The van der Waals surface area contributed by atoms with E-state index in [2.05, 4.69) is 17.0 Å². The van der Waals surface area contributed by atoms with Crippen molar-refractivity contribution in [3.63, 3.8) is 0 Å². The molecule has 5 heteroatoms. The van der Waals surface area contributed by atoms with Crippen LogP contribution >= 0.6 is 11.3 Å². The third-order valence-electron chi connectivity index (χ3n) is 4.12. The summed E-state index contributed by atoms with van der Waals surface area (Å²) in [6.45, 7) is 2.25. The predicted octanol–water partition coefficient (Wildman–Crippen LogP) is 3.91. The molecule has 1 aromatic carbocycles. The van der Waals surface area contributed by atoms with Crippen LogP contribution in [-0.4, -0.2) is 19.0 Å². The SMILES string of the molecule is COC(=O)c1ccc(NC(=O)c2cc3c(s2)CC[C@H](C)C3)cc1. The van der Waals surface area contributed by atoms with Gasteiger partial charge in [-0.1, -0.05) is 6.92 Å². The van der Waals surface area contributed by atoms with Crippen molar-refractivity contribution in [2.45, 2.75) is 26.2 Å². The highest BCUT2D eigenvalue weighted by Crippen LogP contribution is 2.32. The number of rotatable bonds is 3. The molecule has 1 aliphatic rings. The molecule has 1 N–H and O–H groups in total. The second kappa shape index (κ2) is 6.54. The van der Waals surface area contributed by atoms with Crippen LogP contribution in [0.3, 0.4) is 0 Å². The summed E-state index contributed by atoms with van der Waals surface area (Å²) in [5.41, 5.74) is 2.45. The van der Waals surface area contributed by atoms with Crippen molar-refractivity contribution in [2.24, 2.45) is 5.92 Å². The molecule has 0 unspecified atom stereocenters. The maximum Gasteiger partial charge on any atom is 0.337 e. The summed E-state index contributed by atoms with van der Waals surface area (Å²) in [5.74, 6) is 0.213. The zero-order valence-corrected chi connectivity index (χ0v) is 14.0. The van der Waals surface area contributed by atoms with E-state index in [4.69, 9.17) is 0 Å². The molecule has 0 saturated heterocycles. The minimum absolute atomic E-state index is 0.0946. The molecule has 120 valence electrons. The molecule has 0 bridgehead atoms. The number of fused-ring (bicyclic) bond motifs is 1. The van der Waals surface area contributed by atoms with E-state index >= 15 is 0 Å². The molecule has 1 heterocycles. The summed E-state index contributed by atoms with van der Waals surface area (Å²) in [4.78, 5) is 25.9. The third-order valence-corrected chi connectivity index (χ3v) is 5.35. The number of anilines is 1. The Bertz CT molecular complexity index is 733. The lowest BCUT2D eigenvalue weighted by Gasteiger charge is -2.16. The number of hydrogen-bond acceptors (Lipinski definition) is 4. The first kappa shape index (κ1) is 15.7. The van der Waals surface area contributed by atoms with Crippen LogP contribution in [0.2, 0.25) is 0 Å². The highest BCUT2D eigenvalue weighted by atomic mass is 32.1. The Balaban J connectivity index is 1.71. The number of benzene rings is 1. The van der Waals surface area contributed by atoms with Crippen LogP contribution in [0.1, 0.15) is 43.8 Å². The van der Waals surface area contributed by atoms with Gasteiger partial charge in [-0.3, -0.25) is 4.79 Å². The lowest BCUT2D eigenvalue weighted by molar-refractivity contribution is 0.0600. The van der Waals surface area contributed by atoms with Gasteiger partial charge < -0.3 is 10.1 Å². The first-order valence-electron chi connectivity index (χ1n) is 7.68. The largest absolute Gasteiger partial charge is 0.465 e. The molecular weight excluding hydrogens is 310 g/mol. The van der Waals surface area contributed by atoms with Gasteiger partial charge in [-0.2, -0.15) is 0 Å². The molecule has 1 amide bonds. The molecule has 0 saturated carbocycles. The number of carbonyl (C=O) groups is 2. The van der Waals surface area contributed by atoms with Gasteiger partial charge in [-0.15, -0.1) is 11.3 Å². The molecule has 0 aliphatic heterocycles. The normalized spacial score (nSPS) is 16.5. The van der Waals surface area contributed by atoms with Crippen molar-refractivity contribution < 1.29 is 14.3 Å². The van der Waals surface area contributed by atoms with E-state index in [0.717, 1.165) is 17.7 Å². The second-order valence-corrected chi connectivity index (χ2v) is 7.07. The van der Waals surface area contributed by atoms with Crippen LogP contribution in [-0.2, 0) is 17.6 Å². The molecule has 3 rings (SSSR count). The van der Waals surface area contributed by atoms with Crippen molar-refractivity contribution in [1.29, 1.82) is 0 Å². The van der Waals surface area contributed by atoms with Gasteiger partial charge >= 0.3 is 5.97 Å². The van der Waals surface area contributed by atoms with Crippen LogP contribution in [0.5, 0.6) is 0 Å². The van der Waals surface area contributed by atoms with Gasteiger partial charge in [-0.05, 0) is 61.1 Å². The fraction of sp³-hybridized carbons (Fsp3) is 0.333. The van der Waals surface area contributed by atoms with Crippen LogP contribution in [0.4, 0.5) is 5.69 Å². The summed E-state index contributed by atoms with van der Waals surface area (Å²) in [6.07, 6.45) is 3.33. The van der Waals surface area contributed by atoms with Crippen molar-refractivity contribution in [3.8, 4) is 0 Å². The highest BCUT2D eigenvalue weighted by Gasteiger charge is 2.20.